The number of nitrogens with zero attached hydrogens (tertiary/aromatic N) is 1. The van der Waals surface area contributed by atoms with E-state index in [-0.39, 0.29) is 24.6 Å². The lowest BCUT2D eigenvalue weighted by Gasteiger charge is -2.14. The Kier molecular flexibility index (Phi) is 11.2. The number of carbonyl (C=O) groups is 4. The SMILES string of the molecule is O=C(O)C1CCC=CN1.O=C(O)CCC(=O)O.O=C(O)c1ccccn1. The van der Waals surface area contributed by atoms with Gasteiger partial charge in [0.15, 0.2) is 0 Å². The molecule has 0 fully saturated rings. The molecule has 26 heavy (non-hydrogen) atoms. The Bertz CT molecular complexity index is 616. The van der Waals surface area contributed by atoms with E-state index >= 15 is 0 Å². The van der Waals surface area contributed by atoms with Crippen LogP contribution in [0.3, 0.4) is 0 Å². The maximum atomic E-state index is 10.3. The molecule has 0 spiro atoms. The topological polar surface area (TPSA) is 174 Å². The summed E-state index contributed by atoms with van der Waals surface area (Å²) in [5.41, 5.74) is 0.0810. The summed E-state index contributed by atoms with van der Waals surface area (Å²) in [6.45, 7) is 0. The van der Waals surface area contributed by atoms with Crippen LogP contribution in [0.5, 0.6) is 0 Å². The predicted octanol–water partition coefficient (Wildman–Crippen LogP) is 1.05. The van der Waals surface area contributed by atoms with Gasteiger partial charge in [-0.1, -0.05) is 12.1 Å². The van der Waals surface area contributed by atoms with E-state index in [2.05, 4.69) is 10.3 Å². The molecule has 142 valence electrons. The van der Waals surface area contributed by atoms with Crippen molar-refractivity contribution < 1.29 is 39.6 Å². The molecule has 0 saturated carbocycles. The van der Waals surface area contributed by atoms with E-state index in [1.165, 1.54) is 12.3 Å². The molecule has 2 rings (SSSR count). The molecule has 1 aliphatic heterocycles. The van der Waals surface area contributed by atoms with Crippen molar-refractivity contribution in [2.24, 2.45) is 0 Å². The Balaban J connectivity index is 0.000000362. The van der Waals surface area contributed by atoms with E-state index in [9.17, 15) is 19.2 Å². The lowest BCUT2D eigenvalue weighted by Crippen LogP contribution is -2.34. The van der Waals surface area contributed by atoms with Gasteiger partial charge in [0.05, 0.1) is 12.8 Å². The molecule has 1 aromatic heterocycles. The van der Waals surface area contributed by atoms with Crippen LogP contribution in [-0.4, -0.2) is 55.3 Å². The largest absolute Gasteiger partial charge is 0.481 e. The van der Waals surface area contributed by atoms with Crippen LogP contribution in [0.4, 0.5) is 0 Å². The third kappa shape index (κ3) is 12.0. The fourth-order valence-corrected chi connectivity index (χ4v) is 1.51. The molecule has 5 N–H and O–H groups in total. The molecule has 0 radical (unpaired) electrons. The summed E-state index contributed by atoms with van der Waals surface area (Å²) in [4.78, 5) is 43.3. The first-order chi connectivity index (χ1) is 12.2. The van der Waals surface area contributed by atoms with Crippen molar-refractivity contribution in [2.75, 3.05) is 0 Å². The molecule has 2 heterocycles. The fraction of sp³-hybridized carbons (Fsp3) is 0.312. The number of allylic oxidation sites excluding steroid dienone is 1. The van der Waals surface area contributed by atoms with Gasteiger partial charge in [-0.2, -0.15) is 0 Å². The number of pyridine rings is 1. The van der Waals surface area contributed by atoms with Crippen LogP contribution in [-0.2, 0) is 14.4 Å². The Morgan fingerprint density at radius 1 is 1.04 bits per heavy atom. The summed E-state index contributed by atoms with van der Waals surface area (Å²) in [5.74, 6) is -3.91. The third-order valence-corrected chi connectivity index (χ3v) is 2.77. The Morgan fingerprint density at radius 3 is 1.92 bits per heavy atom. The highest BCUT2D eigenvalue weighted by Gasteiger charge is 2.15. The number of nitrogens with one attached hydrogen (secondary N) is 1. The van der Waals surface area contributed by atoms with E-state index in [4.69, 9.17) is 20.4 Å². The maximum Gasteiger partial charge on any atom is 0.354 e. The van der Waals surface area contributed by atoms with Gasteiger partial charge in [-0.15, -0.1) is 0 Å². The van der Waals surface area contributed by atoms with Crippen molar-refractivity contribution in [3.05, 3.63) is 42.4 Å². The van der Waals surface area contributed by atoms with Crippen LogP contribution in [0.25, 0.3) is 0 Å². The summed E-state index contributed by atoms with van der Waals surface area (Å²) in [6.07, 6.45) is 6.05. The van der Waals surface area contributed by atoms with Gasteiger partial charge in [-0.05, 0) is 31.2 Å². The van der Waals surface area contributed by atoms with Crippen LogP contribution < -0.4 is 5.32 Å². The molecule has 0 amide bonds. The molecule has 10 nitrogen and oxygen atoms in total. The fourth-order valence-electron chi connectivity index (χ4n) is 1.51. The zero-order chi connectivity index (χ0) is 19.9. The number of aliphatic carboxylic acids is 3. The average molecular weight is 368 g/mol. The van der Waals surface area contributed by atoms with Gasteiger partial charge in [-0.3, -0.25) is 9.59 Å². The Morgan fingerprint density at radius 2 is 1.65 bits per heavy atom. The van der Waals surface area contributed by atoms with Gasteiger partial charge in [0.2, 0.25) is 0 Å². The molecule has 0 aliphatic carbocycles. The zero-order valence-electron chi connectivity index (χ0n) is 13.7. The zero-order valence-corrected chi connectivity index (χ0v) is 13.7. The highest BCUT2D eigenvalue weighted by Crippen LogP contribution is 2.03. The van der Waals surface area contributed by atoms with Crippen LogP contribution in [0.2, 0.25) is 0 Å². The summed E-state index contributed by atoms with van der Waals surface area (Å²) in [7, 11) is 0. The summed E-state index contributed by atoms with van der Waals surface area (Å²) < 4.78 is 0. The Hall–Kier alpha value is -3.43. The number of hydrogen-bond acceptors (Lipinski definition) is 6. The van der Waals surface area contributed by atoms with Gasteiger partial charge in [0.1, 0.15) is 11.7 Å². The second-order valence-electron chi connectivity index (χ2n) is 4.84. The quantitative estimate of drug-likeness (QED) is 0.505. The first-order valence-electron chi connectivity index (χ1n) is 7.45. The van der Waals surface area contributed by atoms with Crippen molar-refractivity contribution >= 4 is 23.9 Å². The van der Waals surface area contributed by atoms with Crippen molar-refractivity contribution in [1.82, 2.24) is 10.3 Å². The van der Waals surface area contributed by atoms with Gasteiger partial charge in [-0.25, -0.2) is 14.6 Å². The van der Waals surface area contributed by atoms with Crippen molar-refractivity contribution in [3.63, 3.8) is 0 Å². The first kappa shape index (κ1) is 22.6. The van der Waals surface area contributed by atoms with Crippen molar-refractivity contribution in [2.45, 2.75) is 31.7 Å². The lowest BCUT2D eigenvalue weighted by molar-refractivity contribution is -0.143. The van der Waals surface area contributed by atoms with Crippen LogP contribution in [0.1, 0.15) is 36.2 Å². The van der Waals surface area contributed by atoms with E-state index in [1.807, 2.05) is 6.08 Å². The second-order valence-corrected chi connectivity index (χ2v) is 4.84. The molecule has 10 heteroatoms. The van der Waals surface area contributed by atoms with E-state index in [1.54, 1.807) is 18.3 Å². The number of carboxylic acid groups (broad SMARTS) is 4. The van der Waals surface area contributed by atoms with E-state index < -0.39 is 23.9 Å². The molecule has 0 bridgehead atoms. The van der Waals surface area contributed by atoms with Gasteiger partial charge in [0.25, 0.3) is 0 Å². The second kappa shape index (κ2) is 12.9. The predicted molar refractivity (Wildman–Crippen MR) is 88.6 cm³/mol. The lowest BCUT2D eigenvalue weighted by atomic mass is 10.1. The molecule has 1 unspecified atom stereocenters. The van der Waals surface area contributed by atoms with Crippen molar-refractivity contribution in [1.29, 1.82) is 0 Å². The van der Waals surface area contributed by atoms with Gasteiger partial charge >= 0.3 is 23.9 Å². The minimum absolute atomic E-state index is 0.0810. The summed E-state index contributed by atoms with van der Waals surface area (Å²) in [5, 5.41) is 35.3. The number of hydrogen-bond donors (Lipinski definition) is 5. The first-order valence-corrected chi connectivity index (χ1v) is 7.45. The van der Waals surface area contributed by atoms with Gasteiger partial charge in [0, 0.05) is 6.20 Å². The third-order valence-electron chi connectivity index (χ3n) is 2.77. The molecular formula is C16H20N2O8. The number of aromatic nitrogens is 1. The van der Waals surface area contributed by atoms with Crippen LogP contribution in [0, 0.1) is 0 Å². The maximum absolute atomic E-state index is 10.3. The standard InChI is InChI=1S/C6H9NO2.C6H5NO2.C4H6O4/c2*8-6(9)5-3-1-2-4-7-5;5-3(6)1-2-4(7)8/h2,4-5,7H,1,3H2,(H,8,9);1-4H,(H,8,9);1-2H2,(H,5,6)(H,7,8). The highest BCUT2D eigenvalue weighted by molar-refractivity contribution is 5.85. The van der Waals surface area contributed by atoms with E-state index in [0.29, 0.717) is 6.42 Å². The van der Waals surface area contributed by atoms with Crippen LogP contribution in [0.15, 0.2) is 36.7 Å². The molecule has 0 saturated heterocycles. The van der Waals surface area contributed by atoms with Gasteiger partial charge < -0.3 is 25.7 Å². The summed E-state index contributed by atoms with van der Waals surface area (Å²) >= 11 is 0. The molecule has 1 aliphatic rings. The molecule has 1 aromatic rings. The highest BCUT2D eigenvalue weighted by atomic mass is 16.4. The average Bonchev–Trinajstić information content (AvgIpc) is 2.62. The summed E-state index contributed by atoms with van der Waals surface area (Å²) in [6, 6.07) is 4.39. The van der Waals surface area contributed by atoms with Crippen molar-refractivity contribution in [3.8, 4) is 0 Å². The molecular weight excluding hydrogens is 348 g/mol. The normalized spacial score (nSPS) is 14.4. The monoisotopic (exact) mass is 368 g/mol. The minimum atomic E-state index is -1.08. The molecule has 0 aromatic carbocycles. The number of rotatable bonds is 5. The molecule has 1 atom stereocenters. The Labute approximate surface area is 148 Å². The van der Waals surface area contributed by atoms with Crippen LogP contribution >= 0.6 is 0 Å². The van der Waals surface area contributed by atoms with E-state index in [0.717, 1.165) is 6.42 Å². The number of aromatic carboxylic acids is 1. The smallest absolute Gasteiger partial charge is 0.354 e. The number of carboxylic acids is 4. The minimum Gasteiger partial charge on any atom is -0.481 e.